The highest BCUT2D eigenvalue weighted by Gasteiger charge is 2.14. The van der Waals surface area contributed by atoms with Gasteiger partial charge in [0.25, 0.3) is 0 Å². The third-order valence-corrected chi connectivity index (χ3v) is 2.86. The van der Waals surface area contributed by atoms with Crippen LogP contribution in [0.5, 0.6) is 5.75 Å². The Kier molecular flexibility index (Phi) is 4.53. The molecule has 6 heteroatoms. The summed E-state index contributed by atoms with van der Waals surface area (Å²) < 4.78 is 0. The summed E-state index contributed by atoms with van der Waals surface area (Å²) in [4.78, 5) is 34.7. The van der Waals surface area contributed by atoms with Crippen LogP contribution in [0.1, 0.15) is 17.3 Å². The number of carbonyl (C=O) groups is 3. The molecule has 0 heterocycles. The topological polar surface area (TPSA) is 95.5 Å². The first-order valence-corrected chi connectivity index (χ1v) is 6.48. The summed E-state index contributed by atoms with van der Waals surface area (Å²) in [6.45, 7) is 1.44. The number of ketones is 1. The molecular weight excluding hydrogens is 284 g/mol. The smallest absolute Gasteiger partial charge is 0.314 e. The largest absolute Gasteiger partial charge is 0.508 e. The SMILES string of the molecule is CC(=O)c1ccc(NC(=O)C(=O)Nc2cccc(O)c2)cc1. The molecule has 3 N–H and O–H groups in total. The Labute approximate surface area is 126 Å². The van der Waals surface area contributed by atoms with Crippen molar-refractivity contribution in [3.05, 3.63) is 54.1 Å². The van der Waals surface area contributed by atoms with Crippen LogP contribution in [-0.4, -0.2) is 22.7 Å². The summed E-state index contributed by atoms with van der Waals surface area (Å²) in [7, 11) is 0. The second-order valence-corrected chi connectivity index (χ2v) is 4.59. The molecule has 112 valence electrons. The van der Waals surface area contributed by atoms with Crippen molar-refractivity contribution in [3.8, 4) is 5.75 Å². The number of amides is 2. The van der Waals surface area contributed by atoms with E-state index >= 15 is 0 Å². The fourth-order valence-electron chi connectivity index (χ4n) is 1.75. The van der Waals surface area contributed by atoms with Crippen LogP contribution in [0.3, 0.4) is 0 Å². The maximum atomic E-state index is 11.8. The Hall–Kier alpha value is -3.15. The van der Waals surface area contributed by atoms with E-state index in [1.54, 1.807) is 24.3 Å². The maximum absolute atomic E-state index is 11.8. The minimum absolute atomic E-state index is 0.0157. The summed E-state index contributed by atoms with van der Waals surface area (Å²) in [6.07, 6.45) is 0. The molecule has 0 unspecified atom stereocenters. The lowest BCUT2D eigenvalue weighted by Crippen LogP contribution is -2.29. The average Bonchev–Trinajstić information content (AvgIpc) is 2.47. The van der Waals surface area contributed by atoms with Crippen molar-refractivity contribution in [2.45, 2.75) is 6.92 Å². The van der Waals surface area contributed by atoms with Crippen LogP contribution in [0, 0.1) is 0 Å². The number of nitrogens with one attached hydrogen (secondary N) is 2. The number of anilines is 2. The Bertz CT molecular complexity index is 723. The molecule has 2 aromatic rings. The minimum Gasteiger partial charge on any atom is -0.508 e. The highest BCUT2D eigenvalue weighted by Crippen LogP contribution is 2.15. The van der Waals surface area contributed by atoms with Gasteiger partial charge >= 0.3 is 11.8 Å². The fraction of sp³-hybridized carbons (Fsp3) is 0.0625. The van der Waals surface area contributed by atoms with Crippen LogP contribution < -0.4 is 10.6 Å². The number of hydrogen-bond donors (Lipinski definition) is 3. The number of phenolic OH excluding ortho intramolecular Hbond substituents is 1. The van der Waals surface area contributed by atoms with Gasteiger partial charge in [-0.2, -0.15) is 0 Å². The standard InChI is InChI=1S/C16H14N2O4/c1-10(19)11-5-7-12(8-6-11)17-15(21)16(22)18-13-3-2-4-14(20)9-13/h2-9,20H,1H3,(H,17,21)(H,18,22). The number of aromatic hydroxyl groups is 1. The summed E-state index contributed by atoms with van der Waals surface area (Å²) in [5.74, 6) is -1.81. The van der Waals surface area contributed by atoms with Gasteiger partial charge in [0.1, 0.15) is 5.75 Å². The van der Waals surface area contributed by atoms with Crippen molar-refractivity contribution in [2.24, 2.45) is 0 Å². The molecule has 0 aliphatic rings. The van der Waals surface area contributed by atoms with Gasteiger partial charge in [0.05, 0.1) is 0 Å². The van der Waals surface area contributed by atoms with E-state index in [1.807, 2.05) is 0 Å². The average molecular weight is 298 g/mol. The van der Waals surface area contributed by atoms with Crippen molar-refractivity contribution in [3.63, 3.8) is 0 Å². The second kappa shape index (κ2) is 6.53. The van der Waals surface area contributed by atoms with Crippen LogP contribution in [-0.2, 0) is 9.59 Å². The van der Waals surface area contributed by atoms with Gasteiger partial charge in [-0.25, -0.2) is 0 Å². The van der Waals surface area contributed by atoms with Gasteiger partial charge in [-0.3, -0.25) is 14.4 Å². The quantitative estimate of drug-likeness (QED) is 0.597. The number of phenols is 1. The summed E-state index contributed by atoms with van der Waals surface area (Å²) in [5, 5.41) is 14.1. The van der Waals surface area contributed by atoms with E-state index in [4.69, 9.17) is 0 Å². The molecule has 0 radical (unpaired) electrons. The first-order chi connectivity index (χ1) is 10.5. The van der Waals surface area contributed by atoms with Crippen molar-refractivity contribution in [1.29, 1.82) is 0 Å². The number of carbonyl (C=O) groups excluding carboxylic acids is 3. The lowest BCUT2D eigenvalue weighted by Gasteiger charge is -2.07. The van der Waals surface area contributed by atoms with Crippen LogP contribution in [0.25, 0.3) is 0 Å². The van der Waals surface area contributed by atoms with E-state index in [1.165, 1.54) is 31.2 Å². The zero-order valence-corrected chi connectivity index (χ0v) is 11.8. The van der Waals surface area contributed by atoms with Crippen molar-refractivity contribution < 1.29 is 19.5 Å². The molecule has 2 rings (SSSR count). The van der Waals surface area contributed by atoms with E-state index in [2.05, 4.69) is 10.6 Å². The minimum atomic E-state index is -0.860. The molecule has 0 saturated heterocycles. The molecule has 22 heavy (non-hydrogen) atoms. The van der Waals surface area contributed by atoms with Gasteiger partial charge in [-0.1, -0.05) is 6.07 Å². The maximum Gasteiger partial charge on any atom is 0.314 e. The predicted molar refractivity (Wildman–Crippen MR) is 81.8 cm³/mol. The van der Waals surface area contributed by atoms with Gasteiger partial charge in [0, 0.05) is 23.0 Å². The van der Waals surface area contributed by atoms with Crippen molar-refractivity contribution in [2.75, 3.05) is 10.6 Å². The van der Waals surface area contributed by atoms with Crippen LogP contribution in [0.15, 0.2) is 48.5 Å². The molecule has 6 nitrogen and oxygen atoms in total. The predicted octanol–water partition coefficient (Wildman–Crippen LogP) is 2.17. The van der Waals surface area contributed by atoms with E-state index in [0.717, 1.165) is 0 Å². The molecular formula is C16H14N2O4. The number of rotatable bonds is 3. The molecule has 0 aliphatic heterocycles. The van der Waals surface area contributed by atoms with E-state index in [0.29, 0.717) is 16.9 Å². The Morgan fingerprint density at radius 2 is 1.45 bits per heavy atom. The van der Waals surface area contributed by atoms with Gasteiger partial charge < -0.3 is 15.7 Å². The third kappa shape index (κ3) is 3.92. The van der Waals surface area contributed by atoms with Crippen molar-refractivity contribution >= 4 is 29.0 Å². The van der Waals surface area contributed by atoms with Crippen LogP contribution in [0.2, 0.25) is 0 Å². The normalized spacial score (nSPS) is 9.86. The number of benzene rings is 2. The number of Topliss-reactive ketones (excluding diaryl/α,β-unsaturated/α-hetero) is 1. The zero-order chi connectivity index (χ0) is 16.1. The molecule has 0 saturated carbocycles. The third-order valence-electron chi connectivity index (χ3n) is 2.86. The Morgan fingerprint density at radius 1 is 0.864 bits per heavy atom. The van der Waals surface area contributed by atoms with Gasteiger partial charge in [-0.05, 0) is 43.3 Å². The van der Waals surface area contributed by atoms with Gasteiger partial charge in [-0.15, -0.1) is 0 Å². The highest BCUT2D eigenvalue weighted by molar-refractivity contribution is 6.43. The Morgan fingerprint density at radius 3 is 2.00 bits per heavy atom. The first-order valence-electron chi connectivity index (χ1n) is 6.48. The molecule has 0 aliphatic carbocycles. The van der Waals surface area contributed by atoms with E-state index in [-0.39, 0.29) is 11.5 Å². The summed E-state index contributed by atoms with van der Waals surface area (Å²) in [5.41, 5.74) is 1.23. The molecule has 0 atom stereocenters. The monoisotopic (exact) mass is 298 g/mol. The number of hydrogen-bond acceptors (Lipinski definition) is 4. The fourth-order valence-corrected chi connectivity index (χ4v) is 1.75. The van der Waals surface area contributed by atoms with E-state index < -0.39 is 11.8 Å². The highest BCUT2D eigenvalue weighted by atomic mass is 16.3. The first kappa shape index (κ1) is 15.2. The molecule has 0 fully saturated rings. The van der Waals surface area contributed by atoms with Gasteiger partial charge in [0.2, 0.25) is 0 Å². The van der Waals surface area contributed by atoms with E-state index in [9.17, 15) is 19.5 Å². The molecule has 0 spiro atoms. The summed E-state index contributed by atoms with van der Waals surface area (Å²) >= 11 is 0. The molecule has 2 aromatic carbocycles. The lowest BCUT2D eigenvalue weighted by molar-refractivity contribution is -0.132. The Balaban J connectivity index is 1.99. The van der Waals surface area contributed by atoms with Crippen LogP contribution >= 0.6 is 0 Å². The lowest BCUT2D eigenvalue weighted by atomic mass is 10.1. The van der Waals surface area contributed by atoms with Crippen LogP contribution in [0.4, 0.5) is 11.4 Å². The molecule has 0 bridgehead atoms. The zero-order valence-electron chi connectivity index (χ0n) is 11.8. The summed E-state index contributed by atoms with van der Waals surface area (Å²) in [6, 6.07) is 12.1. The van der Waals surface area contributed by atoms with Gasteiger partial charge in [0.15, 0.2) is 5.78 Å². The van der Waals surface area contributed by atoms with Crippen molar-refractivity contribution in [1.82, 2.24) is 0 Å². The second-order valence-electron chi connectivity index (χ2n) is 4.59. The molecule has 0 aromatic heterocycles. The molecule has 2 amide bonds.